The molecule has 9 heavy (non-hydrogen) atoms. The molecule has 0 heterocycles. The van der Waals surface area contributed by atoms with Crippen molar-refractivity contribution in [2.45, 2.75) is 46.9 Å². The summed E-state index contributed by atoms with van der Waals surface area (Å²) in [6.07, 6.45) is 0. The first-order valence-corrected chi connectivity index (χ1v) is 10.2. The zero-order valence-corrected chi connectivity index (χ0v) is 10.7. The van der Waals surface area contributed by atoms with Crippen molar-refractivity contribution in [2.75, 3.05) is 0 Å². The summed E-state index contributed by atoms with van der Waals surface area (Å²) in [6, 6.07) is 0. The van der Waals surface area contributed by atoms with E-state index in [1.54, 1.807) is 0 Å². The number of hydrogen-bond acceptors (Lipinski definition) is 0. The summed E-state index contributed by atoms with van der Waals surface area (Å²) in [7, 11) is 0. The van der Waals surface area contributed by atoms with Gasteiger partial charge in [-0.05, 0) is 0 Å². The SMILES string of the molecule is C[CH2][SnH]([CH](C)C)[CH](C)C. The van der Waals surface area contributed by atoms with Gasteiger partial charge in [0.2, 0.25) is 0 Å². The number of rotatable bonds is 3. The molecule has 0 saturated carbocycles. The Hall–Kier alpha value is 0.799. The zero-order chi connectivity index (χ0) is 7.44. The van der Waals surface area contributed by atoms with E-state index in [1.165, 1.54) is 4.44 Å². The standard InChI is InChI=1S/2C3H7.C2H5.Sn.H/c2*1-3-2;1-2;;/h2*3H,1-2H3;1H2,2H3;;. The molecule has 0 aliphatic heterocycles. The van der Waals surface area contributed by atoms with Gasteiger partial charge in [0.15, 0.2) is 0 Å². The second-order valence-electron chi connectivity index (χ2n) is 3.56. The van der Waals surface area contributed by atoms with Gasteiger partial charge in [-0.3, -0.25) is 0 Å². The van der Waals surface area contributed by atoms with Crippen molar-refractivity contribution in [3.05, 3.63) is 0 Å². The molecule has 0 rings (SSSR count). The molecular formula is C8H20Sn. The first kappa shape index (κ1) is 9.80. The zero-order valence-electron chi connectivity index (χ0n) is 7.44. The Kier molecular flexibility index (Phi) is 5.00. The van der Waals surface area contributed by atoms with Crippen LogP contribution in [0.5, 0.6) is 0 Å². The average molecular weight is 235 g/mol. The van der Waals surface area contributed by atoms with E-state index in [2.05, 4.69) is 34.6 Å². The maximum atomic E-state index is 2.41. The molecule has 0 fully saturated rings. The van der Waals surface area contributed by atoms with Crippen molar-refractivity contribution in [3.8, 4) is 0 Å². The molecule has 0 radical (unpaired) electrons. The van der Waals surface area contributed by atoms with Gasteiger partial charge in [0.05, 0.1) is 0 Å². The van der Waals surface area contributed by atoms with Crippen LogP contribution < -0.4 is 0 Å². The summed E-state index contributed by atoms with van der Waals surface area (Å²) in [4.78, 5) is 0. The van der Waals surface area contributed by atoms with Gasteiger partial charge < -0.3 is 0 Å². The van der Waals surface area contributed by atoms with Crippen molar-refractivity contribution in [3.63, 3.8) is 0 Å². The fourth-order valence-electron chi connectivity index (χ4n) is 1.71. The van der Waals surface area contributed by atoms with Crippen LogP contribution in [0.25, 0.3) is 0 Å². The topological polar surface area (TPSA) is 0 Å². The second-order valence-corrected chi connectivity index (χ2v) is 17.3. The molecule has 0 bridgehead atoms. The summed E-state index contributed by atoms with van der Waals surface area (Å²) in [5.74, 6) is 0. The summed E-state index contributed by atoms with van der Waals surface area (Å²) >= 11 is -1.02. The third kappa shape index (κ3) is 3.49. The molecule has 1 heteroatoms. The van der Waals surface area contributed by atoms with E-state index in [0.29, 0.717) is 0 Å². The molecule has 0 amide bonds. The van der Waals surface area contributed by atoms with Crippen LogP contribution in [0.2, 0.25) is 12.3 Å². The number of hydrogen-bond donors (Lipinski definition) is 0. The molecule has 0 aliphatic rings. The minimum absolute atomic E-state index is 1.02. The molecule has 0 saturated heterocycles. The molecule has 0 aliphatic carbocycles. The van der Waals surface area contributed by atoms with E-state index in [0.717, 1.165) is 7.87 Å². The molecule has 0 nitrogen and oxygen atoms in total. The van der Waals surface area contributed by atoms with E-state index in [1.807, 2.05) is 0 Å². The van der Waals surface area contributed by atoms with Gasteiger partial charge in [-0.1, -0.05) is 0 Å². The van der Waals surface area contributed by atoms with E-state index in [-0.39, 0.29) is 0 Å². The summed E-state index contributed by atoms with van der Waals surface area (Å²) in [5.41, 5.74) is 0. The van der Waals surface area contributed by atoms with E-state index < -0.39 is 19.8 Å². The molecule has 0 N–H and O–H groups in total. The van der Waals surface area contributed by atoms with Gasteiger partial charge in [0, 0.05) is 0 Å². The van der Waals surface area contributed by atoms with Crippen LogP contribution in [0, 0.1) is 0 Å². The van der Waals surface area contributed by atoms with E-state index in [9.17, 15) is 0 Å². The summed E-state index contributed by atoms with van der Waals surface area (Å²) < 4.78 is 3.67. The predicted molar refractivity (Wildman–Crippen MR) is 47.8 cm³/mol. The van der Waals surface area contributed by atoms with Gasteiger partial charge in [-0.15, -0.1) is 0 Å². The first-order chi connectivity index (χ1) is 4.09. The van der Waals surface area contributed by atoms with Crippen molar-refractivity contribution in [1.82, 2.24) is 0 Å². The molecule has 0 aromatic heterocycles. The maximum absolute atomic E-state index is 2.41. The normalized spacial score (nSPS) is 12.0. The van der Waals surface area contributed by atoms with Crippen LogP contribution in [0.15, 0.2) is 0 Å². The van der Waals surface area contributed by atoms with Gasteiger partial charge in [-0.25, -0.2) is 0 Å². The Morgan fingerprint density at radius 3 is 1.33 bits per heavy atom. The molecule has 0 aromatic rings. The fourth-order valence-corrected chi connectivity index (χ4v) is 11.5. The summed E-state index contributed by atoms with van der Waals surface area (Å²) in [5, 5.41) is 0. The Balaban J connectivity index is 3.68. The Labute approximate surface area is 66.8 Å². The van der Waals surface area contributed by atoms with Crippen LogP contribution in [0.1, 0.15) is 34.6 Å². The molecule has 0 unspecified atom stereocenters. The second kappa shape index (κ2) is 4.59. The Morgan fingerprint density at radius 2 is 1.33 bits per heavy atom. The van der Waals surface area contributed by atoms with Gasteiger partial charge in [0.1, 0.15) is 0 Å². The first-order valence-electron chi connectivity index (χ1n) is 4.09. The van der Waals surface area contributed by atoms with Crippen molar-refractivity contribution in [2.24, 2.45) is 0 Å². The third-order valence-electron chi connectivity index (χ3n) is 2.18. The van der Waals surface area contributed by atoms with Gasteiger partial charge >= 0.3 is 66.7 Å². The van der Waals surface area contributed by atoms with Crippen LogP contribution in [-0.4, -0.2) is 19.8 Å². The molecule has 0 aromatic carbocycles. The predicted octanol–water partition coefficient (Wildman–Crippen LogP) is 3.05. The third-order valence-corrected chi connectivity index (χ3v) is 14.7. The Morgan fingerprint density at radius 1 is 1.00 bits per heavy atom. The van der Waals surface area contributed by atoms with Crippen LogP contribution in [-0.2, 0) is 0 Å². The van der Waals surface area contributed by atoms with Crippen molar-refractivity contribution >= 4 is 19.8 Å². The molecular weight excluding hydrogens is 215 g/mol. The van der Waals surface area contributed by atoms with Crippen LogP contribution in [0.3, 0.4) is 0 Å². The van der Waals surface area contributed by atoms with Gasteiger partial charge in [0.25, 0.3) is 0 Å². The molecule has 0 spiro atoms. The Bertz CT molecular complexity index is 59.0. The fraction of sp³-hybridized carbons (Fsp3) is 1.00. The monoisotopic (exact) mass is 236 g/mol. The molecule has 0 atom stereocenters. The van der Waals surface area contributed by atoms with Crippen LogP contribution >= 0.6 is 0 Å². The average Bonchev–Trinajstić information content (AvgIpc) is 1.64. The van der Waals surface area contributed by atoms with Crippen LogP contribution in [0.4, 0.5) is 0 Å². The van der Waals surface area contributed by atoms with Gasteiger partial charge in [-0.2, -0.15) is 0 Å². The van der Waals surface area contributed by atoms with E-state index >= 15 is 0 Å². The minimum atomic E-state index is -1.02. The molecule has 56 valence electrons. The van der Waals surface area contributed by atoms with E-state index in [4.69, 9.17) is 0 Å². The van der Waals surface area contributed by atoms with Crippen molar-refractivity contribution < 1.29 is 0 Å². The summed E-state index contributed by atoms with van der Waals surface area (Å²) in [6.45, 7) is 12.0. The quantitative estimate of drug-likeness (QED) is 0.659. The van der Waals surface area contributed by atoms with Crippen molar-refractivity contribution in [1.29, 1.82) is 0 Å².